The Morgan fingerprint density at radius 3 is 2.89 bits per heavy atom. The van der Waals surface area contributed by atoms with Gasteiger partial charge in [0.2, 0.25) is 5.56 Å². The molecule has 0 bridgehead atoms. The second-order valence-corrected chi connectivity index (χ2v) is 5.72. The van der Waals surface area contributed by atoms with Gasteiger partial charge in [-0.1, -0.05) is 6.07 Å². The Hall–Kier alpha value is -1.88. The van der Waals surface area contributed by atoms with Crippen molar-refractivity contribution in [1.82, 2.24) is 9.88 Å². The fourth-order valence-corrected chi connectivity index (χ4v) is 2.77. The van der Waals surface area contributed by atoms with Gasteiger partial charge in [-0.2, -0.15) is 0 Å². The number of rotatable bonds is 4. The monoisotopic (exact) mass is 274 g/mol. The number of amides is 1. The summed E-state index contributed by atoms with van der Waals surface area (Å²) in [6.07, 6.45) is 3.63. The number of nitrogens with one attached hydrogen (secondary N) is 1. The summed E-state index contributed by atoms with van der Waals surface area (Å²) < 4.78 is 0. The van der Waals surface area contributed by atoms with Crippen LogP contribution in [-0.2, 0) is 6.54 Å². The van der Waals surface area contributed by atoms with Gasteiger partial charge in [0.05, 0.1) is 6.54 Å². The number of carbonyl (C=O) groups is 1. The molecule has 2 aromatic heterocycles. The van der Waals surface area contributed by atoms with Crippen LogP contribution in [0.3, 0.4) is 0 Å². The second kappa shape index (κ2) is 5.01. The number of pyridine rings is 1. The van der Waals surface area contributed by atoms with Crippen molar-refractivity contribution in [3.63, 3.8) is 0 Å². The van der Waals surface area contributed by atoms with Crippen LogP contribution in [0.4, 0.5) is 0 Å². The molecule has 1 aliphatic rings. The lowest BCUT2D eigenvalue weighted by Gasteiger charge is -2.21. The molecule has 1 N–H and O–H groups in total. The molecule has 0 aromatic carbocycles. The molecule has 3 rings (SSSR count). The molecule has 4 nitrogen and oxygen atoms in total. The molecular formula is C14H14N2O2S. The predicted octanol–water partition coefficient (Wildman–Crippen LogP) is 2.24. The molecule has 1 fully saturated rings. The van der Waals surface area contributed by atoms with Crippen LogP contribution in [0.25, 0.3) is 0 Å². The minimum absolute atomic E-state index is 0.0537. The minimum atomic E-state index is -0.238. The molecular weight excluding hydrogens is 260 g/mol. The molecule has 0 radical (unpaired) electrons. The highest BCUT2D eigenvalue weighted by Crippen LogP contribution is 2.30. The predicted molar refractivity (Wildman–Crippen MR) is 74.3 cm³/mol. The van der Waals surface area contributed by atoms with Crippen molar-refractivity contribution in [2.75, 3.05) is 0 Å². The van der Waals surface area contributed by atoms with Crippen LogP contribution in [0.2, 0.25) is 0 Å². The van der Waals surface area contributed by atoms with Gasteiger partial charge in [0.1, 0.15) is 0 Å². The molecule has 1 aliphatic carbocycles. The van der Waals surface area contributed by atoms with Crippen molar-refractivity contribution in [3.8, 4) is 0 Å². The van der Waals surface area contributed by atoms with E-state index in [0.717, 1.165) is 12.8 Å². The van der Waals surface area contributed by atoms with Crippen molar-refractivity contribution in [1.29, 1.82) is 0 Å². The van der Waals surface area contributed by atoms with Gasteiger partial charge in [-0.05, 0) is 30.4 Å². The van der Waals surface area contributed by atoms with E-state index in [1.807, 2.05) is 22.4 Å². The zero-order chi connectivity index (χ0) is 13.2. The van der Waals surface area contributed by atoms with E-state index in [9.17, 15) is 9.59 Å². The van der Waals surface area contributed by atoms with Crippen LogP contribution in [0.1, 0.15) is 28.1 Å². The average molecular weight is 274 g/mol. The molecule has 2 heterocycles. The van der Waals surface area contributed by atoms with E-state index in [-0.39, 0.29) is 11.5 Å². The van der Waals surface area contributed by atoms with Gasteiger partial charge in [-0.25, -0.2) is 0 Å². The highest BCUT2D eigenvalue weighted by atomic mass is 32.1. The summed E-state index contributed by atoms with van der Waals surface area (Å²) in [5.74, 6) is -0.0537. The standard InChI is InChI=1S/C14H14N2O2S/c17-13-8-10(5-6-15-13)14(18)16(11-3-4-11)9-12-2-1-7-19-12/h1-2,5-8,11H,3-4,9H2,(H,15,17). The first-order chi connectivity index (χ1) is 9.24. The summed E-state index contributed by atoms with van der Waals surface area (Å²) >= 11 is 1.65. The van der Waals surface area contributed by atoms with E-state index in [0.29, 0.717) is 18.2 Å². The fourth-order valence-electron chi connectivity index (χ4n) is 2.07. The Kier molecular flexibility index (Phi) is 3.21. The smallest absolute Gasteiger partial charge is 0.254 e. The fraction of sp³-hybridized carbons (Fsp3) is 0.286. The van der Waals surface area contributed by atoms with Crippen LogP contribution in [0, 0.1) is 0 Å². The normalized spacial score (nSPS) is 14.3. The SMILES string of the molecule is O=C(c1cc[nH]c(=O)c1)N(Cc1cccs1)C1CC1. The number of aromatic nitrogens is 1. The van der Waals surface area contributed by atoms with Gasteiger partial charge in [-0.15, -0.1) is 11.3 Å². The highest BCUT2D eigenvalue weighted by molar-refractivity contribution is 7.09. The molecule has 1 amide bonds. The van der Waals surface area contributed by atoms with Gasteiger partial charge >= 0.3 is 0 Å². The average Bonchev–Trinajstić information content (AvgIpc) is 3.12. The van der Waals surface area contributed by atoms with Gasteiger partial charge < -0.3 is 9.88 Å². The van der Waals surface area contributed by atoms with E-state index >= 15 is 0 Å². The first-order valence-electron chi connectivity index (χ1n) is 6.26. The largest absolute Gasteiger partial charge is 0.331 e. The number of carbonyl (C=O) groups excluding carboxylic acids is 1. The van der Waals surface area contributed by atoms with Crippen molar-refractivity contribution in [2.45, 2.75) is 25.4 Å². The van der Waals surface area contributed by atoms with Crippen molar-refractivity contribution < 1.29 is 4.79 Å². The summed E-state index contributed by atoms with van der Waals surface area (Å²) in [6.45, 7) is 0.633. The zero-order valence-electron chi connectivity index (χ0n) is 10.3. The third kappa shape index (κ3) is 2.76. The summed E-state index contributed by atoms with van der Waals surface area (Å²) in [7, 11) is 0. The molecule has 1 saturated carbocycles. The topological polar surface area (TPSA) is 53.2 Å². The quantitative estimate of drug-likeness (QED) is 0.929. The Balaban J connectivity index is 1.84. The van der Waals surface area contributed by atoms with Crippen LogP contribution in [0.15, 0.2) is 40.6 Å². The molecule has 0 spiro atoms. The maximum absolute atomic E-state index is 12.5. The number of hydrogen-bond donors (Lipinski definition) is 1. The molecule has 98 valence electrons. The van der Waals surface area contributed by atoms with Crippen molar-refractivity contribution in [2.24, 2.45) is 0 Å². The molecule has 0 saturated heterocycles. The van der Waals surface area contributed by atoms with E-state index in [2.05, 4.69) is 4.98 Å². The van der Waals surface area contributed by atoms with Gasteiger partial charge in [0.15, 0.2) is 0 Å². The lowest BCUT2D eigenvalue weighted by atomic mass is 10.2. The Morgan fingerprint density at radius 2 is 2.26 bits per heavy atom. The lowest BCUT2D eigenvalue weighted by Crippen LogP contribution is -2.32. The Morgan fingerprint density at radius 1 is 1.42 bits per heavy atom. The second-order valence-electron chi connectivity index (χ2n) is 4.69. The number of aromatic amines is 1. The maximum atomic E-state index is 12.5. The zero-order valence-corrected chi connectivity index (χ0v) is 11.2. The minimum Gasteiger partial charge on any atom is -0.331 e. The maximum Gasteiger partial charge on any atom is 0.254 e. The van der Waals surface area contributed by atoms with Gasteiger partial charge in [-0.3, -0.25) is 9.59 Å². The summed E-state index contributed by atoms with van der Waals surface area (Å²) in [4.78, 5) is 29.4. The van der Waals surface area contributed by atoms with Crippen LogP contribution >= 0.6 is 11.3 Å². The first-order valence-corrected chi connectivity index (χ1v) is 7.14. The van der Waals surface area contributed by atoms with E-state index < -0.39 is 0 Å². The molecule has 19 heavy (non-hydrogen) atoms. The summed E-state index contributed by atoms with van der Waals surface area (Å²) in [6, 6.07) is 7.38. The number of H-pyrrole nitrogens is 1. The Labute approximate surface area is 114 Å². The van der Waals surface area contributed by atoms with E-state index in [1.54, 1.807) is 17.4 Å². The third-order valence-electron chi connectivity index (χ3n) is 3.18. The first kappa shape index (κ1) is 12.2. The number of thiophene rings is 1. The molecule has 5 heteroatoms. The highest BCUT2D eigenvalue weighted by Gasteiger charge is 2.33. The molecule has 0 atom stereocenters. The number of hydrogen-bond acceptors (Lipinski definition) is 3. The lowest BCUT2D eigenvalue weighted by molar-refractivity contribution is 0.0731. The molecule has 0 aliphatic heterocycles. The summed E-state index contributed by atoms with van der Waals surface area (Å²) in [5, 5.41) is 2.01. The van der Waals surface area contributed by atoms with E-state index in [1.165, 1.54) is 17.1 Å². The number of nitrogens with zero attached hydrogens (tertiary/aromatic N) is 1. The Bertz CT molecular complexity index is 629. The van der Waals surface area contributed by atoms with E-state index in [4.69, 9.17) is 0 Å². The van der Waals surface area contributed by atoms with Crippen LogP contribution in [-0.4, -0.2) is 21.8 Å². The summed E-state index contributed by atoms with van der Waals surface area (Å²) in [5.41, 5.74) is 0.227. The van der Waals surface area contributed by atoms with Gasteiger partial charge in [0.25, 0.3) is 5.91 Å². The van der Waals surface area contributed by atoms with Crippen LogP contribution in [0.5, 0.6) is 0 Å². The van der Waals surface area contributed by atoms with Crippen molar-refractivity contribution in [3.05, 3.63) is 56.6 Å². The molecule has 0 unspecified atom stereocenters. The third-order valence-corrected chi connectivity index (χ3v) is 4.04. The van der Waals surface area contributed by atoms with Crippen LogP contribution < -0.4 is 5.56 Å². The molecule has 2 aromatic rings. The van der Waals surface area contributed by atoms with Gasteiger partial charge in [0, 0.05) is 28.7 Å². The van der Waals surface area contributed by atoms with Crippen molar-refractivity contribution >= 4 is 17.2 Å².